The Morgan fingerprint density at radius 2 is 1.83 bits per heavy atom. The van der Waals surface area contributed by atoms with Crippen LogP contribution < -0.4 is 16.4 Å². The van der Waals surface area contributed by atoms with Crippen molar-refractivity contribution in [2.75, 3.05) is 19.3 Å². The zero-order valence-corrected chi connectivity index (χ0v) is 17.3. The molecule has 0 aliphatic carbocycles. The number of nitrogen functional groups attached to an aromatic ring is 1. The minimum Gasteiger partial charge on any atom is -0.384 e. The third kappa shape index (κ3) is 6.48. The number of nitrogens with zero attached hydrogens (tertiary/aromatic N) is 2. The van der Waals surface area contributed by atoms with Crippen molar-refractivity contribution in [2.45, 2.75) is 38.9 Å². The number of carbonyl (C=O) groups excluding carboxylic acids is 2. The molecule has 0 aliphatic heterocycles. The molecule has 1 heterocycles. The van der Waals surface area contributed by atoms with Gasteiger partial charge >= 0.3 is 0 Å². The topological polar surface area (TPSA) is 100 Å². The van der Waals surface area contributed by atoms with E-state index in [0.29, 0.717) is 17.9 Å². The first-order chi connectivity index (χ1) is 14.2. The van der Waals surface area contributed by atoms with Crippen LogP contribution in [0.3, 0.4) is 0 Å². The van der Waals surface area contributed by atoms with Crippen molar-refractivity contribution in [3.8, 4) is 0 Å². The summed E-state index contributed by atoms with van der Waals surface area (Å²) in [4.78, 5) is 31.2. The van der Waals surface area contributed by atoms with Gasteiger partial charge in [0, 0.05) is 19.2 Å². The summed E-state index contributed by atoms with van der Waals surface area (Å²) in [7, 11) is 1.79. The van der Waals surface area contributed by atoms with Gasteiger partial charge in [0.1, 0.15) is 11.9 Å². The third-order valence-electron chi connectivity index (χ3n) is 4.91. The molecule has 0 saturated heterocycles. The number of nitrogens with one attached hydrogen (secondary N) is 2. The van der Waals surface area contributed by atoms with Gasteiger partial charge in [-0.2, -0.15) is 0 Å². The van der Waals surface area contributed by atoms with Crippen molar-refractivity contribution in [3.63, 3.8) is 0 Å². The molecule has 1 aromatic carbocycles. The molecule has 0 radical (unpaired) electrons. The zero-order valence-electron chi connectivity index (χ0n) is 17.3. The van der Waals surface area contributed by atoms with Crippen molar-refractivity contribution < 1.29 is 18.4 Å². The van der Waals surface area contributed by atoms with E-state index in [1.54, 1.807) is 26.1 Å². The molecule has 162 valence electrons. The number of nitrogens with two attached hydrogens (primary N) is 1. The highest BCUT2D eigenvalue weighted by Gasteiger charge is 2.25. The molecule has 7 nitrogen and oxygen atoms in total. The summed E-state index contributed by atoms with van der Waals surface area (Å²) in [6.45, 7) is 4.47. The molecule has 0 saturated carbocycles. The van der Waals surface area contributed by atoms with Gasteiger partial charge in [-0.25, -0.2) is 13.8 Å². The molecule has 0 aliphatic rings. The van der Waals surface area contributed by atoms with Crippen molar-refractivity contribution in [2.24, 2.45) is 0 Å². The van der Waals surface area contributed by atoms with Crippen molar-refractivity contribution in [1.82, 2.24) is 20.5 Å². The quantitative estimate of drug-likeness (QED) is 0.574. The maximum absolute atomic E-state index is 13.6. The van der Waals surface area contributed by atoms with Gasteiger partial charge < -0.3 is 16.4 Å². The highest BCUT2D eigenvalue weighted by Crippen LogP contribution is 2.11. The molecule has 4 N–H and O–H groups in total. The SMILES string of the molecule is CCN(C)C(C)C(=O)N[C@@H](Cc1ccc(F)c(F)c1)C(=O)NCc1ccc(N)nc1. The van der Waals surface area contributed by atoms with Crippen LogP contribution in [0.4, 0.5) is 14.6 Å². The summed E-state index contributed by atoms with van der Waals surface area (Å²) in [5.41, 5.74) is 6.67. The van der Waals surface area contributed by atoms with E-state index in [0.717, 1.165) is 17.7 Å². The lowest BCUT2D eigenvalue weighted by molar-refractivity contribution is -0.131. The first-order valence-corrected chi connectivity index (χ1v) is 9.64. The third-order valence-corrected chi connectivity index (χ3v) is 4.91. The molecule has 2 atom stereocenters. The highest BCUT2D eigenvalue weighted by molar-refractivity contribution is 5.89. The van der Waals surface area contributed by atoms with E-state index in [1.165, 1.54) is 12.3 Å². The largest absolute Gasteiger partial charge is 0.384 e. The maximum Gasteiger partial charge on any atom is 0.243 e. The minimum atomic E-state index is -1.01. The lowest BCUT2D eigenvalue weighted by Crippen LogP contribution is -2.53. The average molecular weight is 419 g/mol. The number of rotatable bonds is 9. The number of carbonyl (C=O) groups is 2. The highest BCUT2D eigenvalue weighted by atomic mass is 19.2. The van der Waals surface area contributed by atoms with Crippen molar-refractivity contribution >= 4 is 17.6 Å². The van der Waals surface area contributed by atoms with Crippen LogP contribution in [0.15, 0.2) is 36.5 Å². The van der Waals surface area contributed by atoms with Crippen LogP contribution in [0.1, 0.15) is 25.0 Å². The fourth-order valence-corrected chi connectivity index (χ4v) is 2.73. The van der Waals surface area contributed by atoms with E-state index in [-0.39, 0.29) is 18.9 Å². The average Bonchev–Trinajstić information content (AvgIpc) is 2.73. The Morgan fingerprint density at radius 3 is 2.43 bits per heavy atom. The Morgan fingerprint density at radius 1 is 1.13 bits per heavy atom. The molecule has 0 spiro atoms. The van der Waals surface area contributed by atoms with E-state index in [2.05, 4.69) is 15.6 Å². The maximum atomic E-state index is 13.6. The Kier molecular flexibility index (Phi) is 8.23. The van der Waals surface area contributed by atoms with Gasteiger partial charge in [0.15, 0.2) is 11.6 Å². The fourth-order valence-electron chi connectivity index (χ4n) is 2.73. The van der Waals surface area contributed by atoms with Gasteiger partial charge in [0.25, 0.3) is 0 Å². The molecule has 2 rings (SSSR count). The molecule has 2 aromatic rings. The Hall–Kier alpha value is -3.07. The summed E-state index contributed by atoms with van der Waals surface area (Å²) in [5.74, 6) is -2.40. The van der Waals surface area contributed by atoms with E-state index in [9.17, 15) is 18.4 Å². The number of anilines is 1. The molecule has 2 amide bonds. The predicted octanol–water partition coefficient (Wildman–Crippen LogP) is 1.63. The summed E-state index contributed by atoms with van der Waals surface area (Å²) in [6, 6.07) is 5.32. The van der Waals surface area contributed by atoms with E-state index >= 15 is 0 Å². The minimum absolute atomic E-state index is 0.0112. The first-order valence-electron chi connectivity index (χ1n) is 9.64. The van der Waals surface area contributed by atoms with Crippen LogP contribution in [-0.4, -0.2) is 47.4 Å². The Labute approximate surface area is 174 Å². The number of hydrogen-bond acceptors (Lipinski definition) is 5. The van der Waals surface area contributed by atoms with Crippen LogP contribution in [0.5, 0.6) is 0 Å². The number of benzene rings is 1. The predicted molar refractivity (Wildman–Crippen MR) is 110 cm³/mol. The Bertz CT molecular complexity index is 876. The second kappa shape index (κ2) is 10.6. The van der Waals surface area contributed by atoms with Crippen LogP contribution in [0, 0.1) is 11.6 Å². The molecule has 0 bridgehead atoms. The molecule has 0 fully saturated rings. The Balaban J connectivity index is 2.13. The molecule has 1 unspecified atom stereocenters. The van der Waals surface area contributed by atoms with Gasteiger partial charge in [-0.3, -0.25) is 14.5 Å². The molecular weight excluding hydrogens is 392 g/mol. The number of amides is 2. The van der Waals surface area contributed by atoms with Crippen LogP contribution in [-0.2, 0) is 22.6 Å². The van der Waals surface area contributed by atoms with Crippen LogP contribution in [0.2, 0.25) is 0 Å². The van der Waals surface area contributed by atoms with Gasteiger partial charge in [-0.05, 0) is 49.8 Å². The lowest BCUT2D eigenvalue weighted by atomic mass is 10.0. The second-order valence-electron chi connectivity index (χ2n) is 7.07. The number of likely N-dealkylation sites (N-methyl/N-ethyl adjacent to an activating group) is 1. The monoisotopic (exact) mass is 419 g/mol. The van der Waals surface area contributed by atoms with Gasteiger partial charge in [0.2, 0.25) is 11.8 Å². The van der Waals surface area contributed by atoms with E-state index in [1.807, 2.05) is 11.8 Å². The number of aromatic nitrogens is 1. The number of hydrogen-bond donors (Lipinski definition) is 3. The molecule has 9 heteroatoms. The number of pyridine rings is 1. The lowest BCUT2D eigenvalue weighted by Gasteiger charge is -2.25. The summed E-state index contributed by atoms with van der Waals surface area (Å²) < 4.78 is 26.8. The normalized spacial score (nSPS) is 13.0. The smallest absolute Gasteiger partial charge is 0.243 e. The van der Waals surface area contributed by atoms with Crippen molar-refractivity contribution in [1.29, 1.82) is 0 Å². The molecule has 1 aromatic heterocycles. The van der Waals surface area contributed by atoms with Gasteiger partial charge in [0.05, 0.1) is 6.04 Å². The van der Waals surface area contributed by atoms with E-state index < -0.39 is 29.6 Å². The van der Waals surface area contributed by atoms with E-state index in [4.69, 9.17) is 5.73 Å². The first kappa shape index (κ1) is 23.2. The standard InChI is InChI=1S/C21H27F2N5O2/c1-4-28(3)13(2)20(29)27-18(10-14-5-7-16(22)17(23)9-14)21(30)26-12-15-6-8-19(24)25-11-15/h5-9,11,13,18H,4,10,12H2,1-3H3,(H2,24,25)(H,26,30)(H,27,29)/t13?,18-/m0/s1. The van der Waals surface area contributed by atoms with Gasteiger partial charge in [-0.15, -0.1) is 0 Å². The number of halogens is 2. The van der Waals surface area contributed by atoms with Crippen LogP contribution >= 0.6 is 0 Å². The summed E-state index contributed by atoms with van der Waals surface area (Å²) in [6.07, 6.45) is 1.55. The van der Waals surface area contributed by atoms with Gasteiger partial charge in [-0.1, -0.05) is 19.1 Å². The van der Waals surface area contributed by atoms with Crippen LogP contribution in [0.25, 0.3) is 0 Å². The fraction of sp³-hybridized carbons (Fsp3) is 0.381. The summed E-state index contributed by atoms with van der Waals surface area (Å²) >= 11 is 0. The molecular formula is C21H27F2N5O2. The second-order valence-corrected chi connectivity index (χ2v) is 7.07. The zero-order chi connectivity index (χ0) is 22.3. The van der Waals surface area contributed by atoms with Crippen molar-refractivity contribution in [3.05, 3.63) is 59.3 Å². The summed E-state index contributed by atoms with van der Waals surface area (Å²) in [5, 5.41) is 5.45. The molecule has 30 heavy (non-hydrogen) atoms.